The van der Waals surface area contributed by atoms with Crippen molar-refractivity contribution in [1.29, 1.82) is 0 Å². The van der Waals surface area contributed by atoms with E-state index in [0.29, 0.717) is 51.9 Å². The second-order valence-corrected chi connectivity index (χ2v) is 9.53. The van der Waals surface area contributed by atoms with Gasteiger partial charge in [0.15, 0.2) is 0 Å². The topological polar surface area (TPSA) is 70.2 Å². The van der Waals surface area contributed by atoms with E-state index >= 15 is 0 Å². The Labute approximate surface area is 207 Å². The third-order valence-electron chi connectivity index (χ3n) is 6.94. The SMILES string of the molecule is CN(Cc1ccccc1)C(=O)C[C@H]1CN(C(=O)CCN2CCCC2=O)CC[C@@H]1Oc1ccccc1. The molecule has 2 aliphatic rings. The van der Waals surface area contributed by atoms with Crippen LogP contribution in [0.4, 0.5) is 0 Å². The van der Waals surface area contributed by atoms with Crippen molar-refractivity contribution >= 4 is 17.7 Å². The van der Waals surface area contributed by atoms with Crippen LogP contribution in [0.25, 0.3) is 0 Å². The maximum atomic E-state index is 13.1. The summed E-state index contributed by atoms with van der Waals surface area (Å²) in [5.74, 6) is 0.889. The van der Waals surface area contributed by atoms with E-state index in [1.807, 2.05) is 72.6 Å². The van der Waals surface area contributed by atoms with Gasteiger partial charge in [-0.15, -0.1) is 0 Å². The van der Waals surface area contributed by atoms with Gasteiger partial charge in [0.1, 0.15) is 11.9 Å². The van der Waals surface area contributed by atoms with Gasteiger partial charge < -0.3 is 19.4 Å². The van der Waals surface area contributed by atoms with E-state index in [9.17, 15) is 14.4 Å². The summed E-state index contributed by atoms with van der Waals surface area (Å²) >= 11 is 0. The number of benzene rings is 2. The van der Waals surface area contributed by atoms with Crippen LogP contribution in [0.5, 0.6) is 5.75 Å². The third-order valence-corrected chi connectivity index (χ3v) is 6.94. The Bertz CT molecular complexity index is 998. The molecule has 0 aliphatic carbocycles. The largest absolute Gasteiger partial charge is 0.490 e. The first-order valence-electron chi connectivity index (χ1n) is 12.5. The number of piperidine rings is 1. The first-order valence-corrected chi connectivity index (χ1v) is 12.5. The fourth-order valence-electron chi connectivity index (χ4n) is 4.92. The van der Waals surface area contributed by atoms with Crippen LogP contribution in [0.1, 0.15) is 37.7 Å². The van der Waals surface area contributed by atoms with Crippen LogP contribution in [0.3, 0.4) is 0 Å². The Morgan fingerprint density at radius 1 is 1.03 bits per heavy atom. The van der Waals surface area contributed by atoms with Crippen molar-refractivity contribution in [2.75, 3.05) is 33.2 Å². The van der Waals surface area contributed by atoms with Gasteiger partial charge >= 0.3 is 0 Å². The summed E-state index contributed by atoms with van der Waals surface area (Å²) in [6.45, 7) is 2.83. The van der Waals surface area contributed by atoms with Crippen molar-refractivity contribution in [3.63, 3.8) is 0 Å². The van der Waals surface area contributed by atoms with E-state index in [2.05, 4.69) is 0 Å². The molecule has 0 bridgehead atoms. The molecule has 35 heavy (non-hydrogen) atoms. The molecule has 7 heteroatoms. The number of amides is 3. The van der Waals surface area contributed by atoms with Crippen LogP contribution < -0.4 is 4.74 Å². The van der Waals surface area contributed by atoms with Gasteiger partial charge in [0.2, 0.25) is 17.7 Å². The minimum absolute atomic E-state index is 0.0393. The summed E-state index contributed by atoms with van der Waals surface area (Å²) in [6, 6.07) is 19.6. The molecular formula is C28H35N3O4. The predicted octanol–water partition coefficient (Wildman–Crippen LogP) is 3.34. The average molecular weight is 478 g/mol. The van der Waals surface area contributed by atoms with Crippen molar-refractivity contribution in [2.24, 2.45) is 5.92 Å². The minimum Gasteiger partial charge on any atom is -0.490 e. The molecule has 0 aromatic heterocycles. The average Bonchev–Trinajstić information content (AvgIpc) is 3.29. The monoisotopic (exact) mass is 477 g/mol. The van der Waals surface area contributed by atoms with Gasteiger partial charge in [-0.2, -0.15) is 0 Å². The lowest BCUT2D eigenvalue weighted by Crippen LogP contribution is -2.49. The first-order chi connectivity index (χ1) is 17.0. The Morgan fingerprint density at radius 3 is 2.43 bits per heavy atom. The molecule has 3 amide bonds. The smallest absolute Gasteiger partial charge is 0.224 e. The number of nitrogens with zero attached hydrogens (tertiary/aromatic N) is 3. The van der Waals surface area contributed by atoms with Crippen molar-refractivity contribution in [1.82, 2.24) is 14.7 Å². The highest BCUT2D eigenvalue weighted by Crippen LogP contribution is 2.27. The molecule has 2 aromatic rings. The number of rotatable bonds is 9. The Hall–Kier alpha value is -3.35. The lowest BCUT2D eigenvalue weighted by molar-refractivity contribution is -0.139. The van der Waals surface area contributed by atoms with Crippen molar-refractivity contribution in [2.45, 2.75) is 44.8 Å². The van der Waals surface area contributed by atoms with Gasteiger partial charge in [-0.25, -0.2) is 0 Å². The molecule has 0 unspecified atom stereocenters. The van der Waals surface area contributed by atoms with E-state index in [4.69, 9.17) is 4.74 Å². The Balaban J connectivity index is 1.39. The molecule has 2 aliphatic heterocycles. The van der Waals surface area contributed by atoms with Crippen LogP contribution in [0.2, 0.25) is 0 Å². The van der Waals surface area contributed by atoms with Crippen LogP contribution in [0, 0.1) is 5.92 Å². The van der Waals surface area contributed by atoms with Gasteiger partial charge in [-0.3, -0.25) is 14.4 Å². The molecule has 7 nitrogen and oxygen atoms in total. The fraction of sp³-hybridized carbons (Fsp3) is 0.464. The summed E-state index contributed by atoms with van der Waals surface area (Å²) in [5.41, 5.74) is 1.08. The molecule has 2 heterocycles. The third kappa shape index (κ3) is 6.84. The molecule has 2 saturated heterocycles. The summed E-state index contributed by atoms with van der Waals surface area (Å²) in [4.78, 5) is 43.4. The first kappa shape index (κ1) is 24.8. The molecule has 2 aromatic carbocycles. The maximum absolute atomic E-state index is 13.1. The van der Waals surface area contributed by atoms with Crippen LogP contribution in [0.15, 0.2) is 60.7 Å². The molecule has 2 atom stereocenters. The summed E-state index contributed by atoms with van der Waals surface area (Å²) in [6.07, 6.45) is 2.62. The zero-order valence-corrected chi connectivity index (χ0v) is 20.5. The summed E-state index contributed by atoms with van der Waals surface area (Å²) in [7, 11) is 1.82. The molecule has 186 valence electrons. The predicted molar refractivity (Wildman–Crippen MR) is 134 cm³/mol. The van der Waals surface area contributed by atoms with E-state index in [1.165, 1.54) is 0 Å². The zero-order valence-electron chi connectivity index (χ0n) is 20.5. The molecular weight excluding hydrogens is 442 g/mol. The lowest BCUT2D eigenvalue weighted by atomic mass is 9.90. The second kappa shape index (κ2) is 11.9. The molecule has 4 rings (SSSR count). The minimum atomic E-state index is -0.143. The Morgan fingerprint density at radius 2 is 1.74 bits per heavy atom. The van der Waals surface area contributed by atoms with Crippen molar-refractivity contribution < 1.29 is 19.1 Å². The lowest BCUT2D eigenvalue weighted by Gasteiger charge is -2.39. The number of carbonyl (C=O) groups is 3. The molecule has 0 spiro atoms. The number of carbonyl (C=O) groups excluding carboxylic acids is 3. The second-order valence-electron chi connectivity index (χ2n) is 9.53. The van der Waals surface area contributed by atoms with Gasteiger partial charge in [-0.05, 0) is 24.1 Å². The van der Waals surface area contributed by atoms with E-state index in [-0.39, 0.29) is 29.7 Å². The van der Waals surface area contributed by atoms with Crippen molar-refractivity contribution in [3.05, 3.63) is 66.2 Å². The van der Waals surface area contributed by atoms with Crippen LogP contribution in [-0.4, -0.2) is 71.8 Å². The zero-order chi connectivity index (χ0) is 24.6. The molecule has 0 N–H and O–H groups in total. The Kier molecular flexibility index (Phi) is 8.40. The van der Waals surface area contributed by atoms with Gasteiger partial charge in [0, 0.05) is 71.4 Å². The number of hydrogen-bond acceptors (Lipinski definition) is 4. The summed E-state index contributed by atoms with van der Waals surface area (Å²) < 4.78 is 6.29. The van der Waals surface area contributed by atoms with Crippen LogP contribution >= 0.6 is 0 Å². The maximum Gasteiger partial charge on any atom is 0.224 e. The molecule has 2 fully saturated rings. The summed E-state index contributed by atoms with van der Waals surface area (Å²) in [5, 5.41) is 0. The van der Waals surface area contributed by atoms with Crippen molar-refractivity contribution in [3.8, 4) is 5.75 Å². The fourth-order valence-corrected chi connectivity index (χ4v) is 4.92. The highest BCUT2D eigenvalue weighted by Gasteiger charge is 2.35. The van der Waals surface area contributed by atoms with E-state index in [1.54, 1.807) is 9.80 Å². The van der Waals surface area contributed by atoms with Gasteiger partial charge in [0.25, 0.3) is 0 Å². The number of hydrogen-bond donors (Lipinski definition) is 0. The highest BCUT2D eigenvalue weighted by molar-refractivity contribution is 5.80. The van der Waals surface area contributed by atoms with E-state index in [0.717, 1.165) is 24.3 Å². The van der Waals surface area contributed by atoms with Crippen LogP contribution in [-0.2, 0) is 20.9 Å². The number of likely N-dealkylation sites (tertiary alicyclic amines) is 2. The van der Waals surface area contributed by atoms with Gasteiger partial charge in [0.05, 0.1) is 0 Å². The standard InChI is InChI=1S/C28H35N3O4/c1-29(20-22-9-4-2-5-10-22)28(34)19-23-21-31(27(33)15-18-30-16-8-13-26(30)32)17-14-25(23)35-24-11-6-3-7-12-24/h2-7,9-12,23,25H,8,13-21H2,1H3/t23-,25-/m0/s1. The quantitative estimate of drug-likeness (QED) is 0.556. The number of ether oxygens (including phenoxy) is 1. The number of para-hydroxylation sites is 1. The van der Waals surface area contributed by atoms with Gasteiger partial charge in [-0.1, -0.05) is 48.5 Å². The highest BCUT2D eigenvalue weighted by atomic mass is 16.5. The molecule has 0 radical (unpaired) electrons. The van der Waals surface area contributed by atoms with E-state index < -0.39 is 0 Å². The normalized spacial score (nSPS) is 20.1. The molecule has 0 saturated carbocycles.